The fraction of sp³-hybridized carbons (Fsp3) is 0.200. The highest BCUT2D eigenvalue weighted by Gasteiger charge is 1.96. The second kappa shape index (κ2) is 5.34. The average Bonchev–Trinajstić information content (AvgIpc) is 2.74. The largest absolute Gasteiger partial charge is 0.306 e. The van der Waals surface area contributed by atoms with Gasteiger partial charge in [-0.3, -0.25) is 9.97 Å². The topological polar surface area (TPSA) is 37.8 Å². The Morgan fingerprint density at radius 3 is 2.87 bits per heavy atom. The molecule has 5 heteroatoms. The number of rotatable bonds is 4. The van der Waals surface area contributed by atoms with Crippen molar-refractivity contribution in [3.05, 3.63) is 45.1 Å². The molecule has 78 valence electrons. The standard InChI is InChI=1S/C10H10BrN3S/c11-8-1-2-9(14-3-8)4-12-5-10-6-13-7-15-10/h1-3,6-7,12H,4-5H2. The van der Waals surface area contributed by atoms with Crippen LogP contribution in [0.2, 0.25) is 0 Å². The maximum atomic E-state index is 4.28. The van der Waals surface area contributed by atoms with Crippen molar-refractivity contribution in [2.75, 3.05) is 0 Å². The molecular weight excluding hydrogens is 274 g/mol. The monoisotopic (exact) mass is 283 g/mol. The number of halogens is 1. The quantitative estimate of drug-likeness (QED) is 0.937. The molecule has 2 aromatic rings. The Morgan fingerprint density at radius 2 is 2.20 bits per heavy atom. The van der Waals surface area contributed by atoms with Crippen LogP contribution in [-0.4, -0.2) is 9.97 Å². The Kier molecular flexibility index (Phi) is 3.82. The van der Waals surface area contributed by atoms with Gasteiger partial charge in [0.25, 0.3) is 0 Å². The van der Waals surface area contributed by atoms with E-state index >= 15 is 0 Å². The van der Waals surface area contributed by atoms with Crippen LogP contribution in [-0.2, 0) is 13.1 Å². The first-order valence-electron chi connectivity index (χ1n) is 4.53. The fourth-order valence-corrected chi connectivity index (χ4v) is 1.95. The van der Waals surface area contributed by atoms with E-state index < -0.39 is 0 Å². The summed E-state index contributed by atoms with van der Waals surface area (Å²) >= 11 is 5.01. The van der Waals surface area contributed by atoms with Gasteiger partial charge in [-0.05, 0) is 28.1 Å². The zero-order valence-corrected chi connectivity index (χ0v) is 10.4. The zero-order chi connectivity index (χ0) is 10.5. The highest BCUT2D eigenvalue weighted by Crippen LogP contribution is 2.08. The van der Waals surface area contributed by atoms with Crippen LogP contribution in [0, 0.1) is 0 Å². The molecule has 2 heterocycles. The third-order valence-corrected chi connectivity index (χ3v) is 3.13. The molecule has 3 nitrogen and oxygen atoms in total. The molecule has 2 aromatic heterocycles. The molecule has 0 aliphatic rings. The van der Waals surface area contributed by atoms with Crippen LogP contribution in [0.3, 0.4) is 0 Å². The Hall–Kier alpha value is -0.780. The molecule has 0 spiro atoms. The summed E-state index contributed by atoms with van der Waals surface area (Å²) in [6.45, 7) is 1.63. The first kappa shape index (κ1) is 10.7. The number of thiazole rings is 1. The SMILES string of the molecule is Brc1ccc(CNCc2cncs2)nc1. The summed E-state index contributed by atoms with van der Waals surface area (Å²) in [5.41, 5.74) is 2.89. The van der Waals surface area contributed by atoms with Gasteiger partial charge in [0.2, 0.25) is 0 Å². The molecule has 15 heavy (non-hydrogen) atoms. The van der Waals surface area contributed by atoms with Crippen molar-refractivity contribution in [1.29, 1.82) is 0 Å². The van der Waals surface area contributed by atoms with Crippen molar-refractivity contribution in [3.8, 4) is 0 Å². The van der Waals surface area contributed by atoms with E-state index in [4.69, 9.17) is 0 Å². The molecule has 0 aromatic carbocycles. The Labute approximate surface area is 101 Å². The van der Waals surface area contributed by atoms with Gasteiger partial charge in [-0.25, -0.2) is 0 Å². The third kappa shape index (κ3) is 3.37. The summed E-state index contributed by atoms with van der Waals surface area (Å²) in [5, 5.41) is 3.32. The lowest BCUT2D eigenvalue weighted by Crippen LogP contribution is -2.12. The molecule has 0 amide bonds. The number of nitrogens with one attached hydrogen (secondary N) is 1. The maximum absolute atomic E-state index is 4.28. The predicted octanol–water partition coefficient (Wildman–Crippen LogP) is 2.59. The Balaban J connectivity index is 1.81. The second-order valence-electron chi connectivity index (χ2n) is 3.04. The molecule has 2 rings (SSSR count). The van der Waals surface area contributed by atoms with Gasteiger partial charge < -0.3 is 5.32 Å². The van der Waals surface area contributed by atoms with Crippen LogP contribution in [0.25, 0.3) is 0 Å². The second-order valence-corrected chi connectivity index (χ2v) is 4.93. The lowest BCUT2D eigenvalue weighted by Gasteiger charge is -2.02. The Bertz CT molecular complexity index is 399. The number of hydrogen-bond donors (Lipinski definition) is 1. The number of hydrogen-bond acceptors (Lipinski definition) is 4. The van der Waals surface area contributed by atoms with Crippen molar-refractivity contribution in [1.82, 2.24) is 15.3 Å². The van der Waals surface area contributed by atoms with E-state index in [9.17, 15) is 0 Å². The van der Waals surface area contributed by atoms with E-state index in [0.29, 0.717) is 0 Å². The van der Waals surface area contributed by atoms with Gasteiger partial charge in [0.05, 0.1) is 11.2 Å². The van der Waals surface area contributed by atoms with Gasteiger partial charge in [0.1, 0.15) is 0 Å². The summed E-state index contributed by atoms with van der Waals surface area (Å²) in [7, 11) is 0. The average molecular weight is 284 g/mol. The van der Waals surface area contributed by atoms with Crippen molar-refractivity contribution in [2.45, 2.75) is 13.1 Å². The van der Waals surface area contributed by atoms with Gasteiger partial charge in [-0.15, -0.1) is 11.3 Å². The summed E-state index contributed by atoms with van der Waals surface area (Å²) in [5.74, 6) is 0. The van der Waals surface area contributed by atoms with Crippen LogP contribution in [0.4, 0.5) is 0 Å². The summed E-state index contributed by atoms with van der Waals surface area (Å²) in [6, 6.07) is 4.00. The van der Waals surface area contributed by atoms with Crippen LogP contribution in [0.1, 0.15) is 10.6 Å². The molecular formula is C10H10BrN3S. The predicted molar refractivity (Wildman–Crippen MR) is 64.6 cm³/mol. The van der Waals surface area contributed by atoms with Gasteiger partial charge in [0.15, 0.2) is 0 Å². The van der Waals surface area contributed by atoms with Gasteiger partial charge >= 0.3 is 0 Å². The summed E-state index contributed by atoms with van der Waals surface area (Å²) in [4.78, 5) is 9.53. The first-order chi connectivity index (χ1) is 7.34. The molecule has 0 saturated carbocycles. The zero-order valence-electron chi connectivity index (χ0n) is 7.98. The maximum Gasteiger partial charge on any atom is 0.0794 e. The number of nitrogens with zero attached hydrogens (tertiary/aromatic N) is 2. The first-order valence-corrected chi connectivity index (χ1v) is 6.20. The third-order valence-electron chi connectivity index (χ3n) is 1.88. The number of aromatic nitrogens is 2. The highest BCUT2D eigenvalue weighted by molar-refractivity contribution is 9.10. The van der Waals surface area contributed by atoms with E-state index in [0.717, 1.165) is 23.3 Å². The molecule has 0 aliphatic heterocycles. The lowest BCUT2D eigenvalue weighted by atomic mass is 10.3. The molecule has 0 aliphatic carbocycles. The molecule has 0 bridgehead atoms. The van der Waals surface area contributed by atoms with E-state index in [1.807, 2.05) is 30.0 Å². The van der Waals surface area contributed by atoms with Crippen molar-refractivity contribution in [3.63, 3.8) is 0 Å². The minimum Gasteiger partial charge on any atom is -0.306 e. The van der Waals surface area contributed by atoms with Gasteiger partial charge in [-0.1, -0.05) is 0 Å². The molecule has 0 radical (unpaired) electrons. The molecule has 0 atom stereocenters. The molecule has 0 unspecified atom stereocenters. The van der Waals surface area contributed by atoms with E-state index in [1.54, 1.807) is 11.3 Å². The van der Waals surface area contributed by atoms with Crippen LogP contribution in [0.15, 0.2) is 34.5 Å². The van der Waals surface area contributed by atoms with Crippen LogP contribution < -0.4 is 5.32 Å². The van der Waals surface area contributed by atoms with Gasteiger partial charge in [-0.2, -0.15) is 0 Å². The van der Waals surface area contributed by atoms with E-state index in [2.05, 4.69) is 31.2 Å². The minimum absolute atomic E-state index is 0.783. The van der Waals surface area contributed by atoms with Crippen LogP contribution in [0.5, 0.6) is 0 Å². The molecule has 0 fully saturated rings. The molecule has 0 saturated heterocycles. The van der Waals surface area contributed by atoms with Gasteiger partial charge in [0, 0.05) is 34.8 Å². The van der Waals surface area contributed by atoms with Crippen LogP contribution >= 0.6 is 27.3 Å². The summed E-state index contributed by atoms with van der Waals surface area (Å²) in [6.07, 6.45) is 3.69. The fourth-order valence-electron chi connectivity index (χ4n) is 1.15. The van der Waals surface area contributed by atoms with E-state index in [1.165, 1.54) is 4.88 Å². The molecule has 1 N–H and O–H groups in total. The summed E-state index contributed by atoms with van der Waals surface area (Å²) < 4.78 is 1.01. The Morgan fingerprint density at radius 1 is 1.27 bits per heavy atom. The van der Waals surface area contributed by atoms with Crippen molar-refractivity contribution < 1.29 is 0 Å². The van der Waals surface area contributed by atoms with Crippen molar-refractivity contribution >= 4 is 27.3 Å². The number of pyridine rings is 1. The van der Waals surface area contributed by atoms with E-state index in [-0.39, 0.29) is 0 Å². The highest BCUT2D eigenvalue weighted by atomic mass is 79.9. The normalized spacial score (nSPS) is 10.5. The minimum atomic E-state index is 0.783. The van der Waals surface area contributed by atoms with Crippen molar-refractivity contribution in [2.24, 2.45) is 0 Å². The lowest BCUT2D eigenvalue weighted by molar-refractivity contribution is 0.685. The smallest absolute Gasteiger partial charge is 0.0794 e.